The highest BCUT2D eigenvalue weighted by molar-refractivity contribution is 6.41. The van der Waals surface area contributed by atoms with Crippen molar-refractivity contribution >= 4 is 21.7 Å². The molecule has 0 saturated heterocycles. The number of aliphatic imine (C=N–C) groups is 1. The molecule has 0 unspecified atom stereocenters. The molecule has 2 aliphatic carbocycles. The van der Waals surface area contributed by atoms with Gasteiger partial charge in [0, 0.05) is 18.1 Å². The lowest BCUT2D eigenvalue weighted by Crippen LogP contribution is -2.60. The van der Waals surface area contributed by atoms with Crippen LogP contribution in [0.15, 0.2) is 35.5 Å². The lowest BCUT2D eigenvalue weighted by molar-refractivity contribution is -0.0559. The Morgan fingerprint density at radius 2 is 2.03 bits per heavy atom. The molecule has 32 heavy (non-hydrogen) atoms. The molecule has 5 rings (SSSR count). The van der Waals surface area contributed by atoms with E-state index >= 15 is 0 Å². The van der Waals surface area contributed by atoms with E-state index < -0.39 is 22.7 Å². The van der Waals surface area contributed by atoms with Gasteiger partial charge in [0.1, 0.15) is 11.4 Å². The highest BCUT2D eigenvalue weighted by atomic mass is 19.1. The molecule has 5 nitrogen and oxygen atoms in total. The number of fused-ring (bicyclic) bond motifs is 3. The van der Waals surface area contributed by atoms with Gasteiger partial charge in [0.05, 0.1) is 17.7 Å². The van der Waals surface area contributed by atoms with Gasteiger partial charge < -0.3 is 15.2 Å². The van der Waals surface area contributed by atoms with Gasteiger partial charge in [0.15, 0.2) is 15.7 Å². The van der Waals surface area contributed by atoms with Gasteiger partial charge >= 0.3 is 0 Å². The summed E-state index contributed by atoms with van der Waals surface area (Å²) in [5, 5.41) is -0.695. The standard InChI is InChI=1S/C23H27B2F2N3O2/c1-12-9-21(6-5-18(12)31-2)10-14-4-3-13(16-8-15(26)11-29-19(16)27)7-17(14)22(21)23(24,25)32-20(28)30-22/h3-4,7-8,11-12,18H,5-6,9-10,24-25H2,1-2H3,(H2,28,30)/t12-,18-,21-,22-/m0/s1. The Balaban J connectivity index is 1.71. The molecule has 3 aliphatic rings. The number of hydrogen-bond donors (Lipinski definition) is 1. The zero-order valence-corrected chi connectivity index (χ0v) is 18.9. The molecular formula is C23H27B2F2N3O2. The molecule has 2 spiro atoms. The first-order valence-electron chi connectivity index (χ1n) is 11.1. The van der Waals surface area contributed by atoms with E-state index in [9.17, 15) is 8.78 Å². The molecule has 0 radical (unpaired) electrons. The number of halogens is 2. The molecular weight excluding hydrogens is 410 g/mol. The van der Waals surface area contributed by atoms with Crippen LogP contribution in [0, 0.1) is 23.1 Å². The van der Waals surface area contributed by atoms with Crippen molar-refractivity contribution in [1.82, 2.24) is 4.98 Å². The van der Waals surface area contributed by atoms with Crippen LogP contribution in [0.1, 0.15) is 37.3 Å². The molecule has 1 saturated carbocycles. The second-order valence-corrected chi connectivity index (χ2v) is 10.1. The Kier molecular flexibility index (Phi) is 4.72. The normalized spacial score (nSPS) is 32.7. The van der Waals surface area contributed by atoms with Crippen LogP contribution >= 0.6 is 0 Å². The molecule has 1 aromatic heterocycles. The topological polar surface area (TPSA) is 69.7 Å². The first-order chi connectivity index (χ1) is 15.1. The van der Waals surface area contributed by atoms with Gasteiger partial charge in [-0.2, -0.15) is 4.39 Å². The van der Waals surface area contributed by atoms with Crippen LogP contribution in [0.5, 0.6) is 0 Å². The van der Waals surface area contributed by atoms with Crippen molar-refractivity contribution < 1.29 is 18.3 Å². The summed E-state index contributed by atoms with van der Waals surface area (Å²) in [4.78, 5) is 8.56. The van der Waals surface area contributed by atoms with Gasteiger partial charge in [-0.05, 0) is 60.4 Å². The molecule has 2 heterocycles. The van der Waals surface area contributed by atoms with Crippen LogP contribution in [0.25, 0.3) is 11.1 Å². The summed E-state index contributed by atoms with van der Waals surface area (Å²) in [5.41, 5.74) is 8.08. The number of benzene rings is 1. The highest BCUT2D eigenvalue weighted by Gasteiger charge is 2.68. The maximum Gasteiger partial charge on any atom is 0.282 e. The first-order valence-corrected chi connectivity index (χ1v) is 11.1. The van der Waals surface area contributed by atoms with E-state index in [1.165, 1.54) is 6.07 Å². The predicted octanol–water partition coefficient (Wildman–Crippen LogP) is 1.86. The molecule has 2 N–H and O–H groups in total. The number of ether oxygens (including phenoxy) is 2. The van der Waals surface area contributed by atoms with Crippen molar-refractivity contribution in [3.05, 3.63) is 53.4 Å². The quantitative estimate of drug-likeness (QED) is 0.576. The average Bonchev–Trinajstić information content (AvgIpc) is 3.14. The number of aromatic nitrogens is 1. The third-order valence-electron chi connectivity index (χ3n) is 7.98. The van der Waals surface area contributed by atoms with Gasteiger partial charge in [0.2, 0.25) is 5.95 Å². The Bertz CT molecular complexity index is 1130. The van der Waals surface area contributed by atoms with E-state index in [1.54, 1.807) is 7.11 Å². The minimum atomic E-state index is -0.723. The summed E-state index contributed by atoms with van der Waals surface area (Å²) in [6.45, 7) is 2.22. The highest BCUT2D eigenvalue weighted by Crippen LogP contribution is 2.65. The fraction of sp³-hybridized carbons (Fsp3) is 0.478. The SMILES string of the molecule is BC1(B)OC(N)=N[C@]12c1cc(-c3cc(F)cnc3F)ccc1C[C@@]21CC[C@H](OC)[C@@H](C)C1. The van der Waals surface area contributed by atoms with E-state index in [2.05, 4.69) is 11.9 Å². The molecule has 4 atom stereocenters. The van der Waals surface area contributed by atoms with Crippen molar-refractivity contribution in [2.24, 2.45) is 22.1 Å². The van der Waals surface area contributed by atoms with Crippen molar-refractivity contribution in [2.75, 3.05) is 7.11 Å². The number of rotatable bonds is 2. The van der Waals surface area contributed by atoms with Gasteiger partial charge in [0.25, 0.3) is 6.02 Å². The molecule has 2 aromatic rings. The van der Waals surface area contributed by atoms with E-state index in [0.29, 0.717) is 11.5 Å². The Hall–Kier alpha value is -2.41. The number of nitrogens with zero attached hydrogens (tertiary/aromatic N) is 2. The zero-order valence-electron chi connectivity index (χ0n) is 18.9. The lowest BCUT2D eigenvalue weighted by atomic mass is 9.44. The minimum Gasteiger partial charge on any atom is -0.475 e. The summed E-state index contributed by atoms with van der Waals surface area (Å²) in [5.74, 6) is -0.934. The molecule has 0 bridgehead atoms. The van der Waals surface area contributed by atoms with Gasteiger partial charge in [-0.25, -0.2) is 14.4 Å². The van der Waals surface area contributed by atoms with Crippen molar-refractivity contribution in [1.29, 1.82) is 0 Å². The van der Waals surface area contributed by atoms with Crippen molar-refractivity contribution in [3.8, 4) is 11.1 Å². The summed E-state index contributed by atoms with van der Waals surface area (Å²) >= 11 is 0. The maximum atomic E-state index is 14.5. The zero-order chi connectivity index (χ0) is 22.9. The summed E-state index contributed by atoms with van der Waals surface area (Å²) < 4.78 is 40.2. The van der Waals surface area contributed by atoms with Crippen LogP contribution < -0.4 is 5.73 Å². The third kappa shape index (κ3) is 2.79. The molecule has 1 fully saturated rings. The summed E-state index contributed by atoms with van der Waals surface area (Å²) in [7, 11) is 5.82. The van der Waals surface area contributed by atoms with Crippen molar-refractivity contribution in [3.63, 3.8) is 0 Å². The summed E-state index contributed by atoms with van der Waals surface area (Å²) in [6.07, 6.45) is 4.67. The van der Waals surface area contributed by atoms with Gasteiger partial charge in [-0.3, -0.25) is 0 Å². The van der Waals surface area contributed by atoms with E-state index in [4.69, 9.17) is 20.2 Å². The van der Waals surface area contributed by atoms with Gasteiger partial charge in [-0.15, -0.1) is 0 Å². The third-order valence-corrected chi connectivity index (χ3v) is 7.98. The van der Waals surface area contributed by atoms with Crippen molar-refractivity contribution in [2.45, 2.75) is 49.6 Å². The van der Waals surface area contributed by atoms with Crippen LogP contribution in [0.4, 0.5) is 8.78 Å². The molecule has 166 valence electrons. The van der Waals surface area contributed by atoms with E-state index in [1.807, 2.05) is 33.9 Å². The maximum absolute atomic E-state index is 14.5. The van der Waals surface area contributed by atoms with Crippen LogP contribution in [0.2, 0.25) is 0 Å². The largest absolute Gasteiger partial charge is 0.475 e. The smallest absolute Gasteiger partial charge is 0.282 e. The minimum absolute atomic E-state index is 0.133. The summed E-state index contributed by atoms with van der Waals surface area (Å²) in [6, 6.07) is 7.14. The second kappa shape index (κ2) is 7.04. The first kappa shape index (κ1) is 21.4. The molecule has 9 heteroatoms. The monoisotopic (exact) mass is 437 g/mol. The lowest BCUT2D eigenvalue weighted by Gasteiger charge is -2.53. The number of amidine groups is 1. The van der Waals surface area contributed by atoms with Crippen LogP contribution in [0.3, 0.4) is 0 Å². The molecule has 1 aromatic carbocycles. The van der Waals surface area contributed by atoms with Gasteiger partial charge in [-0.1, -0.05) is 19.1 Å². The molecule has 1 aliphatic heterocycles. The fourth-order valence-corrected chi connectivity index (χ4v) is 6.83. The Morgan fingerprint density at radius 3 is 2.69 bits per heavy atom. The van der Waals surface area contributed by atoms with E-state index in [0.717, 1.165) is 43.0 Å². The number of pyridine rings is 1. The van der Waals surface area contributed by atoms with Crippen LogP contribution in [-0.4, -0.2) is 45.3 Å². The molecule has 0 amide bonds. The number of methoxy groups -OCH3 is 1. The van der Waals surface area contributed by atoms with E-state index in [-0.39, 0.29) is 23.1 Å². The average molecular weight is 437 g/mol. The number of nitrogens with two attached hydrogens (primary N) is 1. The second-order valence-electron chi connectivity index (χ2n) is 10.1. The Labute approximate surface area is 188 Å². The Morgan fingerprint density at radius 1 is 1.25 bits per heavy atom. The number of hydrogen-bond acceptors (Lipinski definition) is 5. The fourth-order valence-electron chi connectivity index (χ4n) is 6.83. The predicted molar refractivity (Wildman–Crippen MR) is 124 cm³/mol. The van der Waals surface area contributed by atoms with Crippen LogP contribution in [-0.2, 0) is 21.4 Å².